The minimum absolute atomic E-state index is 0.0400. The first-order valence-corrected chi connectivity index (χ1v) is 4.92. The number of benzene rings is 1. The highest BCUT2D eigenvalue weighted by Gasteiger charge is 2.19. The summed E-state index contributed by atoms with van der Waals surface area (Å²) in [6, 6.07) is 7.64. The van der Waals surface area contributed by atoms with Crippen molar-refractivity contribution in [3.63, 3.8) is 0 Å². The molecule has 0 saturated carbocycles. The first-order valence-electron chi connectivity index (χ1n) is 4.92. The van der Waals surface area contributed by atoms with Gasteiger partial charge < -0.3 is 10.3 Å². The number of aliphatic hydroxyl groups is 1. The van der Waals surface area contributed by atoms with Crippen molar-refractivity contribution in [2.24, 2.45) is 5.16 Å². The van der Waals surface area contributed by atoms with Crippen molar-refractivity contribution < 1.29 is 10.3 Å². The van der Waals surface area contributed by atoms with Crippen LogP contribution in [-0.4, -0.2) is 22.6 Å². The summed E-state index contributed by atoms with van der Waals surface area (Å²) in [7, 11) is 0. The molecule has 0 radical (unpaired) electrons. The normalized spacial score (nSPS) is 12.9. The molecule has 0 unspecified atom stereocenters. The standard InChI is InChI=1S/C12H17NO2/c1-12(2,3)10-7-5-4-6-9(10)11(8-14)13-15/h4-7,14-15H,8H2,1-3H3/b13-11+. The second kappa shape index (κ2) is 4.45. The first-order chi connectivity index (χ1) is 7.00. The first kappa shape index (κ1) is 11.7. The Balaban J connectivity index is 3.30. The molecule has 0 aliphatic heterocycles. The van der Waals surface area contributed by atoms with Gasteiger partial charge in [-0.25, -0.2) is 0 Å². The van der Waals surface area contributed by atoms with Gasteiger partial charge in [0.1, 0.15) is 5.71 Å². The second-order valence-electron chi connectivity index (χ2n) is 4.50. The topological polar surface area (TPSA) is 52.8 Å². The average Bonchev–Trinajstić information content (AvgIpc) is 2.19. The molecule has 0 heterocycles. The zero-order chi connectivity index (χ0) is 11.5. The van der Waals surface area contributed by atoms with Crippen LogP contribution in [-0.2, 0) is 5.41 Å². The van der Waals surface area contributed by atoms with Gasteiger partial charge in [0.2, 0.25) is 0 Å². The van der Waals surface area contributed by atoms with Crippen molar-refractivity contribution in [3.8, 4) is 0 Å². The van der Waals surface area contributed by atoms with Crippen LogP contribution in [0, 0.1) is 0 Å². The molecule has 0 atom stereocenters. The molecule has 3 heteroatoms. The van der Waals surface area contributed by atoms with Gasteiger partial charge in [0.05, 0.1) is 6.61 Å². The van der Waals surface area contributed by atoms with Gasteiger partial charge in [-0.3, -0.25) is 0 Å². The Bertz CT molecular complexity index is 364. The molecule has 15 heavy (non-hydrogen) atoms. The van der Waals surface area contributed by atoms with Crippen LogP contribution in [0.3, 0.4) is 0 Å². The maximum Gasteiger partial charge on any atom is 0.112 e. The molecule has 0 amide bonds. The van der Waals surface area contributed by atoms with Crippen LogP contribution in [0.4, 0.5) is 0 Å². The smallest absolute Gasteiger partial charge is 0.112 e. The fraction of sp³-hybridized carbons (Fsp3) is 0.417. The summed E-state index contributed by atoms with van der Waals surface area (Å²) in [5.74, 6) is 0. The third-order valence-corrected chi connectivity index (χ3v) is 2.32. The summed E-state index contributed by atoms with van der Waals surface area (Å²) >= 11 is 0. The highest BCUT2D eigenvalue weighted by Crippen LogP contribution is 2.26. The summed E-state index contributed by atoms with van der Waals surface area (Å²) in [5, 5.41) is 21.0. The summed E-state index contributed by atoms with van der Waals surface area (Å²) in [5.41, 5.74) is 2.13. The molecule has 3 nitrogen and oxygen atoms in total. The zero-order valence-electron chi connectivity index (χ0n) is 9.36. The summed E-state index contributed by atoms with van der Waals surface area (Å²) in [6.45, 7) is 5.98. The van der Waals surface area contributed by atoms with Crippen LogP contribution >= 0.6 is 0 Å². The Morgan fingerprint density at radius 2 is 1.87 bits per heavy atom. The molecule has 0 bridgehead atoms. The summed E-state index contributed by atoms with van der Waals surface area (Å²) in [6.07, 6.45) is 0. The molecule has 82 valence electrons. The van der Waals surface area contributed by atoms with E-state index in [1.807, 2.05) is 24.3 Å². The minimum Gasteiger partial charge on any atom is -0.411 e. The Hall–Kier alpha value is -1.35. The molecule has 0 aliphatic rings. The van der Waals surface area contributed by atoms with E-state index in [1.165, 1.54) is 0 Å². The van der Waals surface area contributed by atoms with Crippen LogP contribution in [0.15, 0.2) is 29.4 Å². The van der Waals surface area contributed by atoms with Gasteiger partial charge in [0.25, 0.3) is 0 Å². The highest BCUT2D eigenvalue weighted by atomic mass is 16.4. The Kier molecular flexibility index (Phi) is 3.48. The van der Waals surface area contributed by atoms with E-state index >= 15 is 0 Å². The Morgan fingerprint density at radius 3 is 2.33 bits per heavy atom. The van der Waals surface area contributed by atoms with Crippen molar-refractivity contribution in [3.05, 3.63) is 35.4 Å². The lowest BCUT2D eigenvalue weighted by atomic mass is 9.82. The zero-order valence-corrected chi connectivity index (χ0v) is 9.36. The lowest BCUT2D eigenvalue weighted by Gasteiger charge is -2.22. The van der Waals surface area contributed by atoms with E-state index in [9.17, 15) is 0 Å². The molecule has 1 aromatic carbocycles. The number of hydrogen-bond acceptors (Lipinski definition) is 3. The van der Waals surface area contributed by atoms with Crippen molar-refractivity contribution in [2.75, 3.05) is 6.61 Å². The molecule has 1 aromatic rings. The van der Waals surface area contributed by atoms with Gasteiger partial charge in [0, 0.05) is 5.56 Å². The van der Waals surface area contributed by atoms with E-state index in [0.717, 1.165) is 11.1 Å². The van der Waals surface area contributed by atoms with E-state index in [1.54, 1.807) is 0 Å². The SMILES string of the molecule is CC(C)(C)c1ccccc1/C(CO)=N/O. The van der Waals surface area contributed by atoms with E-state index in [4.69, 9.17) is 10.3 Å². The number of rotatable bonds is 2. The van der Waals surface area contributed by atoms with Crippen molar-refractivity contribution in [2.45, 2.75) is 26.2 Å². The lowest BCUT2D eigenvalue weighted by Crippen LogP contribution is -2.18. The molecule has 0 aromatic heterocycles. The Labute approximate surface area is 90.1 Å². The van der Waals surface area contributed by atoms with Gasteiger partial charge in [-0.2, -0.15) is 0 Å². The number of nitrogens with zero attached hydrogens (tertiary/aromatic N) is 1. The maximum atomic E-state index is 9.08. The average molecular weight is 207 g/mol. The predicted molar refractivity (Wildman–Crippen MR) is 60.6 cm³/mol. The highest BCUT2D eigenvalue weighted by molar-refractivity contribution is 6.02. The van der Waals surface area contributed by atoms with Crippen LogP contribution in [0.25, 0.3) is 0 Å². The maximum absolute atomic E-state index is 9.08. The van der Waals surface area contributed by atoms with Gasteiger partial charge in [-0.05, 0) is 11.0 Å². The molecule has 0 aliphatic carbocycles. The third-order valence-electron chi connectivity index (χ3n) is 2.32. The Morgan fingerprint density at radius 1 is 1.27 bits per heavy atom. The van der Waals surface area contributed by atoms with Crippen molar-refractivity contribution in [1.82, 2.24) is 0 Å². The number of oxime groups is 1. The van der Waals surface area contributed by atoms with Crippen molar-refractivity contribution in [1.29, 1.82) is 0 Å². The second-order valence-corrected chi connectivity index (χ2v) is 4.50. The number of hydrogen-bond donors (Lipinski definition) is 2. The van der Waals surface area contributed by atoms with Crippen LogP contribution in [0.1, 0.15) is 31.9 Å². The van der Waals surface area contributed by atoms with Gasteiger partial charge in [-0.1, -0.05) is 50.2 Å². The van der Waals surface area contributed by atoms with Crippen LogP contribution in [0.5, 0.6) is 0 Å². The summed E-state index contributed by atoms with van der Waals surface area (Å²) in [4.78, 5) is 0. The van der Waals surface area contributed by atoms with E-state index in [2.05, 4.69) is 25.9 Å². The quantitative estimate of drug-likeness (QED) is 0.443. The summed E-state index contributed by atoms with van der Waals surface area (Å²) < 4.78 is 0. The monoisotopic (exact) mass is 207 g/mol. The fourth-order valence-electron chi connectivity index (χ4n) is 1.56. The molecule has 0 fully saturated rings. The third kappa shape index (κ3) is 2.57. The van der Waals surface area contributed by atoms with Crippen LogP contribution < -0.4 is 0 Å². The molecule has 2 N–H and O–H groups in total. The molecular weight excluding hydrogens is 190 g/mol. The largest absolute Gasteiger partial charge is 0.411 e. The van der Waals surface area contributed by atoms with E-state index in [-0.39, 0.29) is 12.0 Å². The molecular formula is C12H17NO2. The molecule has 1 rings (SSSR count). The predicted octanol–water partition coefficient (Wildman–Crippen LogP) is 2.15. The van der Waals surface area contributed by atoms with Gasteiger partial charge in [0.15, 0.2) is 0 Å². The lowest BCUT2D eigenvalue weighted by molar-refractivity contribution is 0.303. The van der Waals surface area contributed by atoms with E-state index < -0.39 is 0 Å². The van der Waals surface area contributed by atoms with Crippen molar-refractivity contribution >= 4 is 5.71 Å². The minimum atomic E-state index is -0.260. The van der Waals surface area contributed by atoms with Gasteiger partial charge >= 0.3 is 0 Å². The van der Waals surface area contributed by atoms with Gasteiger partial charge in [-0.15, -0.1) is 0 Å². The fourth-order valence-corrected chi connectivity index (χ4v) is 1.56. The van der Waals surface area contributed by atoms with Crippen LogP contribution in [0.2, 0.25) is 0 Å². The molecule has 0 saturated heterocycles. The number of aliphatic hydroxyl groups excluding tert-OH is 1. The van der Waals surface area contributed by atoms with E-state index in [0.29, 0.717) is 5.71 Å². The molecule has 0 spiro atoms.